The third-order valence-electron chi connectivity index (χ3n) is 3.73. The van der Waals surface area contributed by atoms with Crippen LogP contribution < -0.4 is 10.1 Å². The summed E-state index contributed by atoms with van der Waals surface area (Å²) in [5, 5.41) is 28.2. The molecule has 11 heteroatoms. The van der Waals surface area contributed by atoms with E-state index in [2.05, 4.69) is 15.3 Å². The molecular weight excluding hydrogens is 394 g/mol. The van der Waals surface area contributed by atoms with E-state index in [1.807, 2.05) is 0 Å². The van der Waals surface area contributed by atoms with E-state index < -0.39 is 22.0 Å². The number of phenolic OH excluding ortho intramolecular Hbond substituents is 1. The van der Waals surface area contributed by atoms with Crippen LogP contribution in [0.3, 0.4) is 0 Å². The molecule has 2 aromatic carbocycles. The van der Waals surface area contributed by atoms with Crippen molar-refractivity contribution in [2.45, 2.75) is 17.9 Å². The number of carbonyl (C=O) groups is 1. The highest BCUT2D eigenvalue weighted by atomic mass is 35.5. The molecule has 140 valence electrons. The number of phenols is 1. The van der Waals surface area contributed by atoms with Gasteiger partial charge in [0.05, 0.1) is 21.3 Å². The summed E-state index contributed by atoms with van der Waals surface area (Å²) in [4.78, 5) is 12.4. The number of sulfonamides is 1. The number of aromatic hydroxyl groups is 1. The number of nitrogens with zero attached hydrogens (tertiary/aromatic N) is 4. The van der Waals surface area contributed by atoms with E-state index in [1.54, 1.807) is 31.2 Å². The predicted octanol–water partition coefficient (Wildman–Crippen LogP) is 2.57. The van der Waals surface area contributed by atoms with Crippen LogP contribution in [0.5, 0.6) is 5.75 Å². The molecule has 3 N–H and O–H groups in total. The molecule has 1 heterocycles. The molecule has 27 heavy (non-hydrogen) atoms. The van der Waals surface area contributed by atoms with Crippen molar-refractivity contribution in [3.05, 3.63) is 47.5 Å². The smallest absolute Gasteiger partial charge is 0.280 e. The van der Waals surface area contributed by atoms with Gasteiger partial charge in [-0.25, -0.2) is 13.6 Å². The lowest BCUT2D eigenvalue weighted by molar-refractivity contribution is -0.117. The maximum absolute atomic E-state index is 12.6. The normalized spacial score (nSPS) is 17.6. The highest BCUT2D eigenvalue weighted by Crippen LogP contribution is 2.32. The molecule has 0 bridgehead atoms. The topological polar surface area (TPSA) is 138 Å². The molecule has 2 aromatic rings. The average molecular weight is 408 g/mol. The molecule has 1 amide bonds. The Morgan fingerprint density at radius 1 is 1.26 bits per heavy atom. The van der Waals surface area contributed by atoms with E-state index in [0.29, 0.717) is 16.4 Å². The average Bonchev–Trinajstić information content (AvgIpc) is 2.88. The van der Waals surface area contributed by atoms with Crippen LogP contribution in [0.4, 0.5) is 11.4 Å². The first-order chi connectivity index (χ1) is 12.7. The van der Waals surface area contributed by atoms with Gasteiger partial charge in [-0.15, -0.1) is 0 Å². The van der Waals surface area contributed by atoms with Gasteiger partial charge in [-0.05, 0) is 37.3 Å². The zero-order valence-electron chi connectivity index (χ0n) is 13.9. The van der Waals surface area contributed by atoms with Gasteiger partial charge in [0, 0.05) is 0 Å². The summed E-state index contributed by atoms with van der Waals surface area (Å²) in [6, 6.07) is 8.99. The number of hydrazone groups is 1. The summed E-state index contributed by atoms with van der Waals surface area (Å²) in [7, 11) is -3.98. The monoisotopic (exact) mass is 407 g/mol. The van der Waals surface area contributed by atoms with E-state index in [1.165, 1.54) is 0 Å². The lowest BCUT2D eigenvalue weighted by Gasteiger charge is -2.13. The fraction of sp³-hybridized carbons (Fsp3) is 0.125. The minimum atomic E-state index is -3.98. The minimum absolute atomic E-state index is 0.140. The number of para-hydroxylation sites is 1. The molecule has 1 unspecified atom stereocenters. The first-order valence-corrected chi connectivity index (χ1v) is 9.51. The lowest BCUT2D eigenvalue weighted by atomic mass is 10.2. The van der Waals surface area contributed by atoms with Crippen molar-refractivity contribution in [1.82, 2.24) is 0 Å². The lowest BCUT2D eigenvalue weighted by Crippen LogP contribution is -2.29. The Morgan fingerprint density at radius 3 is 2.63 bits per heavy atom. The van der Waals surface area contributed by atoms with Gasteiger partial charge >= 0.3 is 0 Å². The number of rotatable bonds is 4. The summed E-state index contributed by atoms with van der Waals surface area (Å²) >= 11 is 6.10. The molecule has 1 aliphatic rings. The number of carbonyl (C=O) groups excluding carboxylic acids is 1. The number of hydrogen-bond acceptors (Lipinski definition) is 7. The molecule has 0 aromatic heterocycles. The SMILES string of the molecule is CC1=NN(c2ccccc2Cl)C(=O)C1N=Nc1cc(S(N)(=O)=O)ccc1O. The van der Waals surface area contributed by atoms with Gasteiger partial charge in [0.2, 0.25) is 10.0 Å². The molecule has 0 spiro atoms. The highest BCUT2D eigenvalue weighted by Gasteiger charge is 2.35. The number of amides is 1. The number of halogens is 1. The number of nitrogens with two attached hydrogens (primary N) is 1. The highest BCUT2D eigenvalue weighted by molar-refractivity contribution is 7.89. The first kappa shape index (κ1) is 19.0. The first-order valence-electron chi connectivity index (χ1n) is 7.59. The van der Waals surface area contributed by atoms with Gasteiger partial charge in [-0.1, -0.05) is 23.7 Å². The molecule has 3 rings (SSSR count). The van der Waals surface area contributed by atoms with E-state index in [4.69, 9.17) is 16.7 Å². The fourth-order valence-electron chi connectivity index (χ4n) is 2.37. The van der Waals surface area contributed by atoms with E-state index >= 15 is 0 Å². The number of azo groups is 1. The summed E-state index contributed by atoms with van der Waals surface area (Å²) in [5.41, 5.74) is 0.629. The standard InChI is InChI=1S/C16H14ClN5O4S/c1-9-15(16(24)22(21-9)13-5-3-2-4-11(13)17)20-19-12-8-10(27(18,25)26)6-7-14(12)23/h2-8,15,23H,1H3,(H2,18,25,26). The van der Waals surface area contributed by atoms with Crippen LogP contribution in [-0.4, -0.2) is 31.2 Å². The second kappa shape index (κ2) is 7.06. The molecule has 0 saturated heterocycles. The van der Waals surface area contributed by atoms with Gasteiger partial charge in [-0.3, -0.25) is 4.79 Å². The maximum Gasteiger partial charge on any atom is 0.280 e. The Labute approximate surface area is 159 Å². The van der Waals surface area contributed by atoms with Crippen molar-refractivity contribution >= 4 is 44.6 Å². The van der Waals surface area contributed by atoms with Crippen molar-refractivity contribution < 1.29 is 18.3 Å². The molecule has 0 aliphatic carbocycles. The van der Waals surface area contributed by atoms with Gasteiger partial charge < -0.3 is 5.11 Å². The van der Waals surface area contributed by atoms with Gasteiger partial charge in [0.25, 0.3) is 5.91 Å². The van der Waals surface area contributed by atoms with Gasteiger partial charge in [0.15, 0.2) is 6.04 Å². The van der Waals surface area contributed by atoms with Crippen molar-refractivity contribution in [2.24, 2.45) is 20.5 Å². The molecule has 0 radical (unpaired) electrons. The van der Waals surface area contributed by atoms with E-state index in [9.17, 15) is 18.3 Å². The Hall–Kier alpha value is -2.82. The third-order valence-corrected chi connectivity index (χ3v) is 4.96. The minimum Gasteiger partial charge on any atom is -0.506 e. The number of anilines is 1. The molecule has 1 atom stereocenters. The van der Waals surface area contributed by atoms with Crippen LogP contribution in [0.15, 0.2) is 62.7 Å². The third kappa shape index (κ3) is 3.82. The van der Waals surface area contributed by atoms with Crippen LogP contribution in [0.25, 0.3) is 0 Å². The maximum atomic E-state index is 12.6. The van der Waals surface area contributed by atoms with Crippen LogP contribution in [0.1, 0.15) is 6.92 Å². The summed E-state index contributed by atoms with van der Waals surface area (Å²) in [6.45, 7) is 1.60. The zero-order valence-corrected chi connectivity index (χ0v) is 15.5. The molecular formula is C16H14ClN5O4S. The number of benzene rings is 2. The second-order valence-electron chi connectivity index (χ2n) is 5.66. The van der Waals surface area contributed by atoms with Crippen LogP contribution in [0.2, 0.25) is 5.02 Å². The van der Waals surface area contributed by atoms with Crippen LogP contribution in [0, 0.1) is 0 Å². The predicted molar refractivity (Wildman–Crippen MR) is 99.8 cm³/mol. The fourth-order valence-corrected chi connectivity index (χ4v) is 3.11. The van der Waals surface area contributed by atoms with Crippen molar-refractivity contribution in [3.8, 4) is 5.75 Å². The van der Waals surface area contributed by atoms with Gasteiger partial charge in [0.1, 0.15) is 11.4 Å². The summed E-state index contributed by atoms with van der Waals surface area (Å²) in [6.07, 6.45) is 0. The van der Waals surface area contributed by atoms with Gasteiger partial charge in [-0.2, -0.15) is 20.3 Å². The van der Waals surface area contributed by atoms with E-state index in [-0.39, 0.29) is 16.3 Å². The largest absolute Gasteiger partial charge is 0.506 e. The Bertz CT molecular complexity index is 1080. The van der Waals surface area contributed by atoms with Crippen LogP contribution in [-0.2, 0) is 14.8 Å². The quantitative estimate of drug-likeness (QED) is 0.752. The Balaban J connectivity index is 1.90. The summed E-state index contributed by atoms with van der Waals surface area (Å²) < 4.78 is 22.8. The van der Waals surface area contributed by atoms with Crippen molar-refractivity contribution in [2.75, 3.05) is 5.01 Å². The summed E-state index contributed by atoms with van der Waals surface area (Å²) in [5.74, 6) is -0.791. The zero-order chi connectivity index (χ0) is 19.8. The van der Waals surface area contributed by atoms with Crippen molar-refractivity contribution in [1.29, 1.82) is 0 Å². The number of primary sulfonamides is 1. The number of hydrogen-bond donors (Lipinski definition) is 2. The van der Waals surface area contributed by atoms with E-state index in [0.717, 1.165) is 23.2 Å². The van der Waals surface area contributed by atoms with Crippen molar-refractivity contribution in [3.63, 3.8) is 0 Å². The Morgan fingerprint density at radius 2 is 1.96 bits per heavy atom. The molecule has 0 fully saturated rings. The Kier molecular flexibility index (Phi) is 4.96. The van der Waals surface area contributed by atoms with Crippen LogP contribution >= 0.6 is 11.6 Å². The second-order valence-corrected chi connectivity index (χ2v) is 7.62. The molecule has 9 nitrogen and oxygen atoms in total. The molecule has 0 saturated carbocycles. The molecule has 1 aliphatic heterocycles.